The van der Waals surface area contributed by atoms with Crippen LogP contribution in [-0.4, -0.2) is 40.5 Å². The van der Waals surface area contributed by atoms with Crippen LogP contribution in [-0.2, 0) is 5.92 Å². The first-order valence-corrected chi connectivity index (χ1v) is 6.67. The highest BCUT2D eigenvalue weighted by Crippen LogP contribution is 2.63. The van der Waals surface area contributed by atoms with E-state index in [9.17, 15) is 61.5 Å². The number of nitrogens with zero attached hydrogens (tertiary/aromatic N) is 1. The highest BCUT2D eigenvalue weighted by Gasteiger charge is 2.92. The second-order valence-electron chi connectivity index (χ2n) is 5.55. The highest BCUT2D eigenvalue weighted by atomic mass is 19.4. The molecule has 0 aromatic carbocycles. The molecule has 1 nitrogen and oxygen atoms in total. The minimum absolute atomic E-state index is 0.0743. The first-order chi connectivity index (χ1) is 12.1. The molecule has 1 rings (SSSR count). The van der Waals surface area contributed by atoms with Gasteiger partial charge in [-0.2, -0.15) is 61.5 Å². The lowest BCUT2D eigenvalue weighted by Crippen LogP contribution is -2.72. The predicted molar refractivity (Wildman–Crippen MR) is 63.5 cm³/mol. The van der Waals surface area contributed by atoms with E-state index in [0.29, 0.717) is 12.3 Å². The summed E-state index contributed by atoms with van der Waals surface area (Å²) in [5, 5.41) is 0. The van der Waals surface area contributed by atoms with E-state index in [2.05, 4.69) is 4.98 Å². The molecule has 0 N–H and O–H groups in total. The molecular weight excluding hydrogens is 436 g/mol. The highest BCUT2D eigenvalue weighted by molar-refractivity contribution is 5.20. The fraction of sp³-hybridized carbons (Fsp3) is 0.615. The van der Waals surface area contributed by atoms with Gasteiger partial charge < -0.3 is 0 Å². The van der Waals surface area contributed by atoms with E-state index in [1.54, 1.807) is 0 Å². The molecule has 0 aliphatic rings. The third-order valence-electron chi connectivity index (χ3n) is 3.51. The first kappa shape index (κ1) is 24.2. The molecule has 0 fully saturated rings. The first-order valence-electron chi connectivity index (χ1n) is 6.67. The number of hydrogen-bond donors (Lipinski definition) is 0. The van der Waals surface area contributed by atoms with Crippen LogP contribution in [0.4, 0.5) is 61.5 Å². The second kappa shape index (κ2) is 6.34. The van der Waals surface area contributed by atoms with Crippen LogP contribution in [0, 0.1) is 0 Å². The molecule has 0 atom stereocenters. The van der Waals surface area contributed by atoms with Gasteiger partial charge in [-0.1, -0.05) is 6.07 Å². The van der Waals surface area contributed by atoms with Gasteiger partial charge in [0, 0.05) is 13.1 Å². The lowest BCUT2D eigenvalue weighted by atomic mass is 9.88. The van der Waals surface area contributed by atoms with Gasteiger partial charge in [-0.05, 0) is 12.1 Å². The molecule has 0 amide bonds. The molecule has 0 spiro atoms. The van der Waals surface area contributed by atoms with Gasteiger partial charge in [0.05, 0.1) is 0 Å². The summed E-state index contributed by atoms with van der Waals surface area (Å²) in [6.45, 7) is -1.09. The normalized spacial score (nSPS) is 15.7. The van der Waals surface area contributed by atoms with E-state index < -0.39 is 54.1 Å². The molecule has 0 aliphatic heterocycles. The van der Waals surface area contributed by atoms with E-state index in [0.717, 1.165) is 6.07 Å². The molecule has 1 aromatic heterocycles. The molecule has 15 heteroatoms. The Labute approximate surface area is 146 Å². The van der Waals surface area contributed by atoms with Crippen LogP contribution >= 0.6 is 0 Å². The Balaban J connectivity index is 3.62. The molecule has 162 valence electrons. The Bertz CT molecular complexity index is 691. The third-order valence-corrected chi connectivity index (χ3v) is 3.51. The monoisotopic (exact) mass is 443 g/mol. The third kappa shape index (κ3) is 2.96. The van der Waals surface area contributed by atoms with Gasteiger partial charge in [0.2, 0.25) is 0 Å². The summed E-state index contributed by atoms with van der Waals surface area (Å²) < 4.78 is 186. The molecule has 1 aromatic rings. The van der Waals surface area contributed by atoms with E-state index >= 15 is 0 Å². The quantitative estimate of drug-likeness (QED) is 0.471. The zero-order valence-corrected chi connectivity index (χ0v) is 13.0. The molecule has 0 bridgehead atoms. The van der Waals surface area contributed by atoms with Crippen LogP contribution < -0.4 is 0 Å². The maximum Gasteiger partial charge on any atom is 0.385 e. The number of alkyl halides is 14. The van der Waals surface area contributed by atoms with Gasteiger partial charge in [0.15, 0.2) is 0 Å². The number of halogens is 14. The van der Waals surface area contributed by atoms with E-state index in [-0.39, 0.29) is 6.07 Å². The van der Waals surface area contributed by atoms with Crippen molar-refractivity contribution in [1.82, 2.24) is 4.98 Å². The van der Waals surface area contributed by atoms with Crippen molar-refractivity contribution in [2.75, 3.05) is 0 Å². The predicted octanol–water partition coefficient (Wildman–Crippen LogP) is 6.01. The van der Waals surface area contributed by atoms with Crippen molar-refractivity contribution in [3.05, 3.63) is 30.1 Å². The Kier molecular flexibility index (Phi) is 5.48. The Morgan fingerprint density at radius 1 is 0.571 bits per heavy atom. The SMILES string of the molecule is CC(F)(F)C(F)(F)C(F)(F)C(F)(F)C(F)(F)C(F)(F)C(F)(F)c1ccccn1. The topological polar surface area (TPSA) is 12.9 Å². The largest absolute Gasteiger partial charge is 0.385 e. The average Bonchev–Trinajstić information content (AvgIpc) is 2.53. The van der Waals surface area contributed by atoms with Crippen molar-refractivity contribution in [1.29, 1.82) is 0 Å². The van der Waals surface area contributed by atoms with Crippen LogP contribution in [0.3, 0.4) is 0 Å². The van der Waals surface area contributed by atoms with Crippen LogP contribution in [0.25, 0.3) is 0 Å². The molecular formula is C13H7F14N. The molecule has 0 saturated carbocycles. The fourth-order valence-corrected chi connectivity index (χ4v) is 1.77. The number of aromatic nitrogens is 1. The summed E-state index contributed by atoms with van der Waals surface area (Å²) in [5.41, 5.74) is -2.30. The Morgan fingerprint density at radius 3 is 1.32 bits per heavy atom. The Morgan fingerprint density at radius 2 is 0.964 bits per heavy atom. The maximum atomic E-state index is 13.7. The summed E-state index contributed by atoms with van der Waals surface area (Å²) in [6, 6.07) is 1.22. The molecule has 28 heavy (non-hydrogen) atoms. The molecule has 0 unspecified atom stereocenters. The molecule has 0 saturated heterocycles. The van der Waals surface area contributed by atoms with Crippen LogP contribution in [0.5, 0.6) is 0 Å². The van der Waals surface area contributed by atoms with Gasteiger partial charge >= 0.3 is 41.5 Å². The Hall–Kier alpha value is -1.83. The van der Waals surface area contributed by atoms with Gasteiger partial charge in [-0.15, -0.1) is 0 Å². The van der Waals surface area contributed by atoms with Crippen LogP contribution in [0.15, 0.2) is 24.4 Å². The van der Waals surface area contributed by atoms with Crippen molar-refractivity contribution in [3.8, 4) is 0 Å². The van der Waals surface area contributed by atoms with E-state index in [4.69, 9.17) is 0 Å². The number of pyridine rings is 1. The van der Waals surface area contributed by atoms with Crippen molar-refractivity contribution in [2.45, 2.75) is 48.4 Å². The number of hydrogen-bond acceptors (Lipinski definition) is 1. The van der Waals surface area contributed by atoms with Gasteiger partial charge in [0.25, 0.3) is 0 Å². The summed E-state index contributed by atoms with van der Waals surface area (Å²) in [7, 11) is 0. The molecule has 1 heterocycles. The van der Waals surface area contributed by atoms with Crippen molar-refractivity contribution < 1.29 is 61.5 Å². The summed E-state index contributed by atoms with van der Waals surface area (Å²) in [5.74, 6) is -51.1. The summed E-state index contributed by atoms with van der Waals surface area (Å²) >= 11 is 0. The molecule has 0 aliphatic carbocycles. The summed E-state index contributed by atoms with van der Waals surface area (Å²) in [4.78, 5) is 2.50. The smallest absolute Gasteiger partial charge is 0.255 e. The zero-order chi connectivity index (χ0) is 22.6. The maximum absolute atomic E-state index is 13.7. The summed E-state index contributed by atoms with van der Waals surface area (Å²) in [6.07, 6.45) is 0.315. The van der Waals surface area contributed by atoms with Gasteiger partial charge in [-0.25, -0.2) is 0 Å². The van der Waals surface area contributed by atoms with Gasteiger partial charge in [0.1, 0.15) is 5.69 Å². The minimum atomic E-state index is -8.05. The molecule has 0 radical (unpaired) electrons. The average molecular weight is 443 g/mol. The van der Waals surface area contributed by atoms with Crippen molar-refractivity contribution in [3.63, 3.8) is 0 Å². The van der Waals surface area contributed by atoms with E-state index in [1.165, 1.54) is 0 Å². The van der Waals surface area contributed by atoms with Crippen molar-refractivity contribution >= 4 is 0 Å². The lowest BCUT2D eigenvalue weighted by Gasteiger charge is -2.42. The second-order valence-corrected chi connectivity index (χ2v) is 5.55. The van der Waals surface area contributed by atoms with Crippen molar-refractivity contribution in [2.24, 2.45) is 0 Å². The van der Waals surface area contributed by atoms with Crippen LogP contribution in [0.2, 0.25) is 0 Å². The van der Waals surface area contributed by atoms with Gasteiger partial charge in [-0.3, -0.25) is 4.98 Å². The minimum Gasteiger partial charge on any atom is -0.255 e. The fourth-order valence-electron chi connectivity index (χ4n) is 1.77. The standard InChI is InChI=1S/C13H7F14N/c1-7(14,15)9(18,19)11(22,23)13(26,27)12(24,25)10(20,21)8(16,17)6-4-2-3-5-28-6/h2-5H,1H3. The number of rotatable bonds is 7. The zero-order valence-electron chi connectivity index (χ0n) is 13.0. The van der Waals surface area contributed by atoms with E-state index in [1.807, 2.05) is 0 Å². The lowest BCUT2D eigenvalue weighted by molar-refractivity contribution is -0.442. The van der Waals surface area contributed by atoms with Crippen LogP contribution in [0.1, 0.15) is 12.6 Å².